The summed E-state index contributed by atoms with van der Waals surface area (Å²) in [4.78, 5) is 17.2. The van der Waals surface area contributed by atoms with Gasteiger partial charge in [0.25, 0.3) is 0 Å². The van der Waals surface area contributed by atoms with E-state index in [4.69, 9.17) is 4.74 Å². The molecule has 0 saturated carbocycles. The Morgan fingerprint density at radius 1 is 1.79 bits per heavy atom. The van der Waals surface area contributed by atoms with Crippen LogP contribution in [-0.2, 0) is 4.74 Å². The Morgan fingerprint density at radius 2 is 2.53 bits per heavy atom. The maximum absolute atomic E-state index is 11.1. The topological polar surface area (TPSA) is 107 Å². The lowest BCUT2D eigenvalue weighted by Crippen LogP contribution is -2.41. The molecule has 0 radical (unpaired) electrons. The van der Waals surface area contributed by atoms with Crippen molar-refractivity contribution in [1.29, 1.82) is 0 Å². The lowest BCUT2D eigenvalue weighted by atomic mass is 9.98. The quantitative estimate of drug-likeness (QED) is 0.577. The van der Waals surface area contributed by atoms with Crippen LogP contribution in [-0.4, -0.2) is 44.7 Å². The van der Waals surface area contributed by atoms with Crippen LogP contribution in [0.3, 0.4) is 0 Å². The number of nitrogens with one attached hydrogen (secondary N) is 2. The van der Waals surface area contributed by atoms with E-state index < -0.39 is 23.6 Å². The van der Waals surface area contributed by atoms with Gasteiger partial charge in [-0.15, -0.1) is 6.58 Å². The fourth-order valence-corrected chi connectivity index (χ4v) is 2.23. The molecule has 1 saturated heterocycles. The number of aliphatic hydroxyl groups excluding tert-OH is 2. The number of aromatic nitrogens is 2. The zero-order valence-corrected chi connectivity index (χ0v) is 11.6. The molecule has 7 nitrogen and oxygen atoms in total. The predicted molar refractivity (Wildman–Crippen MR) is 71.7 cm³/mol. The van der Waals surface area contributed by atoms with Crippen LogP contribution in [0.2, 0.25) is 0 Å². The molecular formula is C11H14BrN3O4. The first-order chi connectivity index (χ1) is 9.00. The maximum Gasteiger partial charge on any atom is 0.346 e. The number of nitrogens with zero attached hydrogens (tertiary/aromatic N) is 1. The number of aliphatic hydroxyl groups is 2. The first-order valence-electron chi connectivity index (χ1n) is 5.62. The van der Waals surface area contributed by atoms with E-state index in [1.165, 1.54) is 12.3 Å². The lowest BCUT2D eigenvalue weighted by molar-refractivity contribution is -0.0719. The average Bonchev–Trinajstić information content (AvgIpc) is 2.70. The van der Waals surface area contributed by atoms with Gasteiger partial charge in [0, 0.05) is 6.42 Å². The van der Waals surface area contributed by atoms with Gasteiger partial charge in [0.2, 0.25) is 0 Å². The zero-order chi connectivity index (χ0) is 14.0. The molecule has 1 aromatic rings. The molecule has 1 aromatic heterocycles. The fraction of sp³-hybridized carbons (Fsp3) is 0.455. The molecule has 4 N–H and O–H groups in total. The second-order valence-corrected chi connectivity index (χ2v) is 5.09. The minimum absolute atomic E-state index is 0.253. The summed E-state index contributed by atoms with van der Waals surface area (Å²) < 4.78 is 6.13. The number of aromatic amines is 1. The summed E-state index contributed by atoms with van der Waals surface area (Å²) in [6.45, 7) is 3.19. The van der Waals surface area contributed by atoms with E-state index in [1.807, 2.05) is 0 Å². The van der Waals surface area contributed by atoms with Gasteiger partial charge in [0.05, 0.1) is 23.4 Å². The normalized spacial score (nSPS) is 30.3. The van der Waals surface area contributed by atoms with Crippen molar-refractivity contribution in [2.24, 2.45) is 0 Å². The maximum atomic E-state index is 11.1. The van der Waals surface area contributed by atoms with Crippen LogP contribution < -0.4 is 11.0 Å². The molecule has 1 aliphatic heterocycles. The van der Waals surface area contributed by atoms with Gasteiger partial charge in [-0.1, -0.05) is 6.08 Å². The van der Waals surface area contributed by atoms with Crippen molar-refractivity contribution in [2.45, 2.75) is 24.4 Å². The van der Waals surface area contributed by atoms with Crippen LogP contribution in [0, 0.1) is 0 Å². The first kappa shape index (κ1) is 14.2. The van der Waals surface area contributed by atoms with Crippen molar-refractivity contribution in [3.8, 4) is 0 Å². The van der Waals surface area contributed by atoms with Crippen molar-refractivity contribution in [1.82, 2.24) is 9.97 Å². The fourth-order valence-electron chi connectivity index (χ4n) is 1.92. The molecule has 19 heavy (non-hydrogen) atoms. The zero-order valence-electron chi connectivity index (χ0n) is 9.97. The summed E-state index contributed by atoms with van der Waals surface area (Å²) in [7, 11) is 0. The minimum Gasteiger partial charge on any atom is -0.393 e. The monoisotopic (exact) mass is 331 g/mol. The summed E-state index contributed by atoms with van der Waals surface area (Å²) in [5.74, 6) is 0.398. The summed E-state index contributed by atoms with van der Waals surface area (Å²) in [6.07, 6.45) is 1.56. The van der Waals surface area contributed by atoms with Gasteiger partial charge < -0.3 is 20.3 Å². The summed E-state index contributed by atoms with van der Waals surface area (Å²) >= 11 is 3.23. The van der Waals surface area contributed by atoms with E-state index in [2.05, 4.69) is 37.8 Å². The molecule has 104 valence electrons. The Kier molecular flexibility index (Phi) is 4.04. The molecule has 0 amide bonds. The number of hydrogen-bond donors (Lipinski definition) is 4. The van der Waals surface area contributed by atoms with Crippen molar-refractivity contribution in [3.63, 3.8) is 0 Å². The second-order valence-electron chi connectivity index (χ2n) is 4.23. The van der Waals surface area contributed by atoms with Crippen LogP contribution in [0.15, 0.2) is 28.1 Å². The van der Waals surface area contributed by atoms with Crippen LogP contribution in [0.4, 0.5) is 5.82 Å². The van der Waals surface area contributed by atoms with Crippen molar-refractivity contribution in [3.05, 3.63) is 33.8 Å². The third kappa shape index (κ3) is 2.71. The van der Waals surface area contributed by atoms with Crippen LogP contribution in [0.25, 0.3) is 0 Å². The van der Waals surface area contributed by atoms with E-state index in [0.29, 0.717) is 10.3 Å². The predicted octanol–water partition coefficient (Wildman–Crippen LogP) is -0.0313. The van der Waals surface area contributed by atoms with Crippen molar-refractivity contribution < 1.29 is 14.9 Å². The molecular weight excluding hydrogens is 318 g/mol. The summed E-state index contributed by atoms with van der Waals surface area (Å²) in [5, 5.41) is 22.1. The molecule has 0 bridgehead atoms. The molecule has 0 aliphatic carbocycles. The van der Waals surface area contributed by atoms with E-state index in [1.54, 1.807) is 0 Å². The molecule has 2 rings (SSSR count). The third-order valence-corrected chi connectivity index (χ3v) is 3.63. The molecule has 1 aliphatic rings. The molecule has 0 aromatic carbocycles. The Morgan fingerprint density at radius 3 is 3.11 bits per heavy atom. The first-order valence-corrected chi connectivity index (χ1v) is 6.42. The van der Waals surface area contributed by atoms with Gasteiger partial charge in [-0.25, -0.2) is 9.78 Å². The van der Waals surface area contributed by atoms with Crippen LogP contribution in [0.1, 0.15) is 6.42 Å². The summed E-state index contributed by atoms with van der Waals surface area (Å²) in [5.41, 5.74) is -1.68. The van der Waals surface area contributed by atoms with Gasteiger partial charge in [-0.2, -0.15) is 0 Å². The molecule has 1 fully saturated rings. The minimum atomic E-state index is -1.18. The Bertz CT molecular complexity index is 535. The molecule has 0 spiro atoms. The van der Waals surface area contributed by atoms with Crippen LogP contribution >= 0.6 is 15.9 Å². The third-order valence-electron chi connectivity index (χ3n) is 3.03. The van der Waals surface area contributed by atoms with Gasteiger partial charge in [-0.05, 0) is 15.9 Å². The number of anilines is 1. The molecule has 2 heterocycles. The highest BCUT2D eigenvalue weighted by atomic mass is 79.9. The van der Waals surface area contributed by atoms with E-state index in [0.717, 1.165) is 0 Å². The van der Waals surface area contributed by atoms with Crippen molar-refractivity contribution in [2.75, 3.05) is 11.9 Å². The van der Waals surface area contributed by atoms with Gasteiger partial charge >= 0.3 is 5.69 Å². The SMILES string of the molecule is C=C[C@]1(CO)O[C@H](Nc2[nH]c(=O)ncc2Br)C[C@@H]1O. The highest BCUT2D eigenvalue weighted by Crippen LogP contribution is 2.32. The largest absolute Gasteiger partial charge is 0.393 e. The number of halogens is 1. The van der Waals surface area contributed by atoms with E-state index >= 15 is 0 Å². The van der Waals surface area contributed by atoms with Gasteiger partial charge in [-0.3, -0.25) is 4.98 Å². The van der Waals surface area contributed by atoms with E-state index in [-0.39, 0.29) is 13.0 Å². The number of rotatable bonds is 4. The standard InChI is InChI=1S/C11H14BrN3O4/c1-2-11(5-16)7(17)3-8(19-11)14-9-6(12)4-13-10(18)15-9/h2,4,7-8,16-17H,1,3,5H2,(H2,13,14,15,18)/t7-,8-,11+/m0/s1. The Hall–Kier alpha value is -1.22. The Labute approximate surface area is 117 Å². The summed E-state index contributed by atoms with van der Waals surface area (Å²) in [6, 6.07) is 0. The van der Waals surface area contributed by atoms with Gasteiger partial charge in [0.1, 0.15) is 17.6 Å². The van der Waals surface area contributed by atoms with Gasteiger partial charge in [0.15, 0.2) is 0 Å². The molecule has 3 atom stereocenters. The van der Waals surface area contributed by atoms with Crippen LogP contribution in [0.5, 0.6) is 0 Å². The Balaban J connectivity index is 2.16. The number of hydrogen-bond acceptors (Lipinski definition) is 6. The smallest absolute Gasteiger partial charge is 0.346 e. The number of H-pyrrole nitrogens is 1. The molecule has 8 heteroatoms. The van der Waals surface area contributed by atoms with Crippen molar-refractivity contribution >= 4 is 21.7 Å². The molecule has 0 unspecified atom stereocenters. The average molecular weight is 332 g/mol. The highest BCUT2D eigenvalue weighted by Gasteiger charge is 2.45. The number of ether oxygens (including phenoxy) is 1. The highest BCUT2D eigenvalue weighted by molar-refractivity contribution is 9.10. The van der Waals surface area contributed by atoms with E-state index in [9.17, 15) is 15.0 Å². The second kappa shape index (κ2) is 5.41. The lowest BCUT2D eigenvalue weighted by Gasteiger charge is -2.26.